The van der Waals surface area contributed by atoms with Gasteiger partial charge in [-0.15, -0.1) is 0 Å². The number of ketones is 1. The van der Waals surface area contributed by atoms with Gasteiger partial charge in [0.1, 0.15) is 6.42 Å². The van der Waals surface area contributed by atoms with E-state index in [0.29, 0.717) is 5.56 Å². The van der Waals surface area contributed by atoms with E-state index in [9.17, 15) is 9.59 Å². The van der Waals surface area contributed by atoms with Gasteiger partial charge in [-0.2, -0.15) is 0 Å². The van der Waals surface area contributed by atoms with Crippen molar-refractivity contribution in [2.24, 2.45) is 0 Å². The molecule has 0 saturated carbocycles. The van der Waals surface area contributed by atoms with E-state index >= 15 is 0 Å². The molecule has 0 unspecified atom stereocenters. The molecule has 0 amide bonds. The lowest BCUT2D eigenvalue weighted by Gasteiger charge is -2.08. The average Bonchev–Trinajstić information content (AvgIpc) is 2.25. The summed E-state index contributed by atoms with van der Waals surface area (Å²) in [5.74, 6) is -0.730. The minimum Gasteiger partial charge on any atom is -0.469 e. The van der Waals surface area contributed by atoms with Crippen molar-refractivity contribution in [3.8, 4) is 0 Å². The second kappa shape index (κ2) is 5.25. The zero-order valence-corrected chi connectivity index (χ0v) is 11.1. The molecule has 0 fully saturated rings. The lowest BCUT2D eigenvalue weighted by molar-refractivity contribution is -0.139. The molecule has 0 bridgehead atoms. The summed E-state index contributed by atoms with van der Waals surface area (Å²) in [6.07, 6.45) is -0.215. The molecule has 16 heavy (non-hydrogen) atoms. The van der Waals surface area contributed by atoms with E-state index in [0.717, 1.165) is 15.6 Å². The smallest absolute Gasteiger partial charge is 0.313 e. The Labute approximate surface area is 103 Å². The molecule has 1 aromatic rings. The van der Waals surface area contributed by atoms with Gasteiger partial charge in [0.25, 0.3) is 0 Å². The maximum absolute atomic E-state index is 11.8. The van der Waals surface area contributed by atoms with Crippen LogP contribution in [0.15, 0.2) is 16.6 Å². The van der Waals surface area contributed by atoms with Crippen molar-refractivity contribution < 1.29 is 14.3 Å². The highest BCUT2D eigenvalue weighted by atomic mass is 79.9. The number of hydrogen-bond acceptors (Lipinski definition) is 3. The number of halogens is 1. The first-order valence-electron chi connectivity index (χ1n) is 4.83. The Morgan fingerprint density at radius 2 is 1.94 bits per heavy atom. The van der Waals surface area contributed by atoms with Crippen LogP contribution in [0.5, 0.6) is 0 Å². The number of hydrogen-bond donors (Lipinski definition) is 0. The highest BCUT2D eigenvalue weighted by molar-refractivity contribution is 9.10. The number of esters is 1. The number of carbonyl (C=O) groups is 2. The van der Waals surface area contributed by atoms with Crippen LogP contribution in [0.4, 0.5) is 0 Å². The van der Waals surface area contributed by atoms with Crippen LogP contribution in [0.25, 0.3) is 0 Å². The first-order valence-corrected chi connectivity index (χ1v) is 5.62. The van der Waals surface area contributed by atoms with Crippen LogP contribution in [-0.2, 0) is 9.53 Å². The number of rotatable bonds is 3. The van der Waals surface area contributed by atoms with Crippen LogP contribution in [0.2, 0.25) is 0 Å². The zero-order chi connectivity index (χ0) is 12.3. The Morgan fingerprint density at radius 1 is 1.31 bits per heavy atom. The maximum Gasteiger partial charge on any atom is 0.313 e. The van der Waals surface area contributed by atoms with Gasteiger partial charge in [-0.1, -0.05) is 28.1 Å². The SMILES string of the molecule is COC(=O)CC(=O)c1ccc(C)c(Br)c1C. The molecule has 0 aliphatic carbocycles. The van der Waals surface area contributed by atoms with Crippen molar-refractivity contribution in [1.29, 1.82) is 0 Å². The summed E-state index contributed by atoms with van der Waals surface area (Å²) in [7, 11) is 1.27. The minimum absolute atomic E-state index is 0.215. The summed E-state index contributed by atoms with van der Waals surface area (Å²) in [6, 6.07) is 3.59. The van der Waals surface area contributed by atoms with Gasteiger partial charge in [-0.3, -0.25) is 9.59 Å². The van der Waals surface area contributed by atoms with Crippen LogP contribution in [-0.4, -0.2) is 18.9 Å². The molecule has 0 heterocycles. The third-order valence-electron chi connectivity index (χ3n) is 2.41. The van der Waals surface area contributed by atoms with Crippen molar-refractivity contribution >= 4 is 27.7 Å². The predicted molar refractivity (Wildman–Crippen MR) is 64.6 cm³/mol. The largest absolute Gasteiger partial charge is 0.469 e. The molecule has 1 aromatic carbocycles. The Hall–Kier alpha value is -1.16. The second-order valence-corrected chi connectivity index (χ2v) is 4.34. The van der Waals surface area contributed by atoms with Crippen LogP contribution in [0.3, 0.4) is 0 Å². The molecule has 86 valence electrons. The molecule has 0 aliphatic heterocycles. The third-order valence-corrected chi connectivity index (χ3v) is 3.63. The van der Waals surface area contributed by atoms with Gasteiger partial charge in [0, 0.05) is 10.0 Å². The maximum atomic E-state index is 11.8. The molecule has 0 aromatic heterocycles. The summed E-state index contributed by atoms with van der Waals surface area (Å²) >= 11 is 3.41. The summed E-state index contributed by atoms with van der Waals surface area (Å²) in [5.41, 5.74) is 2.48. The topological polar surface area (TPSA) is 43.4 Å². The van der Waals surface area contributed by atoms with Gasteiger partial charge < -0.3 is 4.74 Å². The summed E-state index contributed by atoms with van der Waals surface area (Å²) in [4.78, 5) is 22.8. The van der Waals surface area contributed by atoms with E-state index in [1.54, 1.807) is 6.07 Å². The van der Waals surface area contributed by atoms with Crippen molar-refractivity contribution in [2.45, 2.75) is 20.3 Å². The molecule has 1 rings (SSSR count). The number of carbonyl (C=O) groups excluding carboxylic acids is 2. The number of methoxy groups -OCH3 is 1. The fourth-order valence-corrected chi connectivity index (χ4v) is 1.77. The number of aryl methyl sites for hydroxylation is 1. The van der Waals surface area contributed by atoms with Gasteiger partial charge in [0.2, 0.25) is 0 Å². The standard InChI is InChI=1S/C12H13BrO3/c1-7-4-5-9(8(2)12(7)13)10(14)6-11(15)16-3/h4-5H,6H2,1-3H3. The lowest BCUT2D eigenvalue weighted by atomic mass is 10.0. The van der Waals surface area contributed by atoms with E-state index in [4.69, 9.17) is 0 Å². The molecule has 3 nitrogen and oxygen atoms in total. The van der Waals surface area contributed by atoms with Gasteiger partial charge in [0.05, 0.1) is 7.11 Å². The Bertz CT molecular complexity index is 438. The molecular weight excluding hydrogens is 272 g/mol. The van der Waals surface area contributed by atoms with Crippen molar-refractivity contribution in [3.63, 3.8) is 0 Å². The second-order valence-electron chi connectivity index (χ2n) is 3.55. The fourth-order valence-electron chi connectivity index (χ4n) is 1.42. The highest BCUT2D eigenvalue weighted by Gasteiger charge is 2.15. The normalized spacial score (nSPS) is 10.0. The molecule has 0 spiro atoms. The molecule has 0 saturated heterocycles. The van der Waals surface area contributed by atoms with E-state index < -0.39 is 5.97 Å². The lowest BCUT2D eigenvalue weighted by Crippen LogP contribution is -2.11. The number of ether oxygens (including phenoxy) is 1. The van der Waals surface area contributed by atoms with E-state index in [1.807, 2.05) is 19.9 Å². The molecule has 0 aliphatic rings. The quantitative estimate of drug-likeness (QED) is 0.487. The van der Waals surface area contributed by atoms with Crippen LogP contribution < -0.4 is 0 Å². The van der Waals surface area contributed by atoms with Crippen LogP contribution in [0.1, 0.15) is 27.9 Å². The predicted octanol–water partition coefficient (Wildman–Crippen LogP) is 2.81. The van der Waals surface area contributed by atoms with Gasteiger partial charge >= 0.3 is 5.97 Å². The first kappa shape index (κ1) is 12.9. The van der Waals surface area contributed by atoms with E-state index in [1.165, 1.54) is 7.11 Å². The molecule has 0 N–H and O–H groups in total. The average molecular weight is 285 g/mol. The van der Waals surface area contributed by atoms with Crippen molar-refractivity contribution in [3.05, 3.63) is 33.3 Å². The zero-order valence-electron chi connectivity index (χ0n) is 9.46. The van der Waals surface area contributed by atoms with Crippen molar-refractivity contribution in [2.75, 3.05) is 7.11 Å². The molecule has 4 heteroatoms. The van der Waals surface area contributed by atoms with Gasteiger partial charge in [-0.25, -0.2) is 0 Å². The molecule has 0 radical (unpaired) electrons. The first-order chi connectivity index (χ1) is 7.47. The monoisotopic (exact) mass is 284 g/mol. The van der Waals surface area contributed by atoms with Crippen LogP contribution >= 0.6 is 15.9 Å². The van der Waals surface area contributed by atoms with E-state index in [-0.39, 0.29) is 12.2 Å². The van der Waals surface area contributed by atoms with Gasteiger partial charge in [-0.05, 0) is 25.0 Å². The third kappa shape index (κ3) is 2.70. The van der Waals surface area contributed by atoms with Crippen LogP contribution in [0, 0.1) is 13.8 Å². The Morgan fingerprint density at radius 3 is 2.50 bits per heavy atom. The summed E-state index contributed by atoms with van der Waals surface area (Å²) < 4.78 is 5.37. The minimum atomic E-state index is -0.513. The molecule has 0 atom stereocenters. The summed E-state index contributed by atoms with van der Waals surface area (Å²) in [6.45, 7) is 3.80. The van der Waals surface area contributed by atoms with E-state index in [2.05, 4.69) is 20.7 Å². The van der Waals surface area contributed by atoms with Gasteiger partial charge in [0.15, 0.2) is 5.78 Å². The number of Topliss-reactive ketones (excluding diaryl/α,β-unsaturated/α-hetero) is 1. The Balaban J connectivity index is 3.01. The fraction of sp³-hybridized carbons (Fsp3) is 0.333. The molecular formula is C12H13BrO3. The Kier molecular flexibility index (Phi) is 4.24. The highest BCUT2D eigenvalue weighted by Crippen LogP contribution is 2.24. The van der Waals surface area contributed by atoms with Crippen molar-refractivity contribution in [1.82, 2.24) is 0 Å². The number of benzene rings is 1. The summed E-state index contributed by atoms with van der Waals surface area (Å²) in [5, 5.41) is 0.